The quantitative estimate of drug-likeness (QED) is 0.541. The fourth-order valence-electron chi connectivity index (χ4n) is 1.32. The summed E-state index contributed by atoms with van der Waals surface area (Å²) in [4.78, 5) is 7.70. The molecule has 0 fully saturated rings. The van der Waals surface area contributed by atoms with Crippen LogP contribution in [-0.2, 0) is 15.6 Å². The Kier molecular flexibility index (Phi) is 10.8. The fraction of sp³-hybridized carbons (Fsp3) is 0.231. The second-order valence-electron chi connectivity index (χ2n) is 4.12. The number of anilines is 1. The van der Waals surface area contributed by atoms with Gasteiger partial charge >= 0.3 is 0 Å². The maximum Gasteiger partial charge on any atom is 0.154 e. The van der Waals surface area contributed by atoms with Crippen LogP contribution in [0.25, 0.3) is 0 Å². The number of sulfone groups is 1. The number of pyridine rings is 2. The molecule has 9 heteroatoms. The summed E-state index contributed by atoms with van der Waals surface area (Å²) in [6.45, 7) is 1.64. The zero-order valence-electron chi connectivity index (χ0n) is 11.8. The molecule has 118 valence electrons. The molecule has 5 nitrogen and oxygen atoms in total. The SMILES string of the molecule is CCS(=O)(=O)Cc1cncc(Br)c1.Nc1cncc(Br)c1.[U]. The summed E-state index contributed by atoms with van der Waals surface area (Å²) in [5, 5.41) is 0. The van der Waals surface area contributed by atoms with Crippen molar-refractivity contribution in [2.24, 2.45) is 0 Å². The molecule has 22 heavy (non-hydrogen) atoms. The predicted octanol–water partition coefficient (Wildman–Crippen LogP) is 3.21. The Bertz CT molecular complexity index is 682. The van der Waals surface area contributed by atoms with Crippen LogP contribution in [0.4, 0.5) is 5.69 Å². The Morgan fingerprint density at radius 2 is 1.59 bits per heavy atom. The number of nitrogen functional groups attached to an aromatic ring is 1. The standard InChI is InChI=1S/C8H10BrNO2S.C5H5BrN2.U/c1-2-13(11,12)6-7-3-8(9)5-10-4-7;6-4-1-5(7)3-8-2-4;/h3-5H,2,6H2,1H3;1-3H,7H2;. The first kappa shape index (κ1) is 22.1. The van der Waals surface area contributed by atoms with Crippen LogP contribution < -0.4 is 5.73 Å². The Labute approximate surface area is 171 Å². The topological polar surface area (TPSA) is 85.9 Å². The van der Waals surface area contributed by atoms with Crippen molar-refractivity contribution >= 4 is 47.4 Å². The number of nitrogens with zero attached hydrogens (tertiary/aromatic N) is 2. The van der Waals surface area contributed by atoms with Crippen LogP contribution in [-0.4, -0.2) is 24.1 Å². The van der Waals surface area contributed by atoms with Gasteiger partial charge in [0.05, 0.1) is 11.4 Å². The van der Waals surface area contributed by atoms with Gasteiger partial charge in [-0.05, 0) is 49.6 Å². The van der Waals surface area contributed by atoms with Crippen LogP contribution in [0.1, 0.15) is 12.5 Å². The second-order valence-corrected chi connectivity index (χ2v) is 8.31. The number of halogens is 2. The zero-order chi connectivity index (χ0) is 15.9. The van der Waals surface area contributed by atoms with Crippen molar-refractivity contribution in [2.75, 3.05) is 11.5 Å². The molecule has 0 aliphatic rings. The average Bonchev–Trinajstić information content (AvgIpc) is 2.38. The van der Waals surface area contributed by atoms with Crippen molar-refractivity contribution in [3.8, 4) is 0 Å². The molecule has 0 bridgehead atoms. The van der Waals surface area contributed by atoms with E-state index in [-0.39, 0.29) is 42.6 Å². The summed E-state index contributed by atoms with van der Waals surface area (Å²) in [5.41, 5.74) is 6.76. The van der Waals surface area contributed by atoms with Crippen LogP contribution in [0.2, 0.25) is 0 Å². The summed E-state index contributed by atoms with van der Waals surface area (Å²) >= 11 is 6.45. The molecule has 2 N–H and O–H groups in total. The monoisotopic (exact) mass is 673 g/mol. The second kappa shape index (κ2) is 10.8. The Balaban J connectivity index is 0.000000423. The number of hydrogen-bond donors (Lipinski definition) is 1. The number of nitrogens with two attached hydrogens (primary N) is 1. The van der Waals surface area contributed by atoms with Crippen LogP contribution in [0.5, 0.6) is 0 Å². The summed E-state index contributed by atoms with van der Waals surface area (Å²) in [6, 6.07) is 3.56. The van der Waals surface area contributed by atoms with Crippen LogP contribution in [0.15, 0.2) is 45.9 Å². The zero-order valence-corrected chi connectivity index (χ0v) is 20.0. The maximum atomic E-state index is 11.2. The van der Waals surface area contributed by atoms with Gasteiger partial charge in [-0.3, -0.25) is 9.97 Å². The molecule has 0 spiro atoms. The van der Waals surface area contributed by atoms with Gasteiger partial charge in [0, 0.05) is 70.6 Å². The molecule has 2 rings (SSSR count). The Hall–Kier alpha value is 0.0619. The van der Waals surface area contributed by atoms with Crippen LogP contribution in [0.3, 0.4) is 0 Å². The first-order valence-electron chi connectivity index (χ1n) is 5.98. The van der Waals surface area contributed by atoms with Gasteiger partial charge in [0.2, 0.25) is 0 Å². The minimum atomic E-state index is -2.95. The predicted molar refractivity (Wildman–Crippen MR) is 91.5 cm³/mol. The van der Waals surface area contributed by atoms with Crippen LogP contribution >= 0.6 is 31.9 Å². The van der Waals surface area contributed by atoms with Gasteiger partial charge in [0.15, 0.2) is 9.84 Å². The summed E-state index contributed by atoms with van der Waals surface area (Å²) < 4.78 is 24.2. The molecule has 0 saturated heterocycles. The average molecular weight is 675 g/mol. The third-order valence-electron chi connectivity index (χ3n) is 2.31. The number of rotatable bonds is 3. The molecule has 2 aromatic rings. The molecule has 2 heterocycles. The summed E-state index contributed by atoms with van der Waals surface area (Å²) in [5.74, 6) is 0.232. The van der Waals surface area contributed by atoms with E-state index in [1.54, 1.807) is 43.8 Å². The van der Waals surface area contributed by atoms with Gasteiger partial charge < -0.3 is 5.73 Å². The van der Waals surface area contributed by atoms with E-state index in [0.717, 1.165) is 14.5 Å². The fourth-order valence-corrected chi connectivity index (χ4v) is 2.98. The van der Waals surface area contributed by atoms with Gasteiger partial charge in [-0.2, -0.15) is 0 Å². The van der Waals surface area contributed by atoms with Gasteiger partial charge in [0.1, 0.15) is 0 Å². The molecule has 0 unspecified atom stereocenters. The van der Waals surface area contributed by atoms with Gasteiger partial charge in [0.25, 0.3) is 0 Å². The van der Waals surface area contributed by atoms with E-state index >= 15 is 0 Å². The molecule has 0 aliphatic carbocycles. The van der Waals surface area contributed by atoms with E-state index in [0.29, 0.717) is 5.69 Å². The smallest absolute Gasteiger partial charge is 0.154 e. The van der Waals surface area contributed by atoms with E-state index in [4.69, 9.17) is 5.73 Å². The molecule has 0 amide bonds. The van der Waals surface area contributed by atoms with E-state index < -0.39 is 9.84 Å². The molecule has 0 atom stereocenters. The van der Waals surface area contributed by atoms with Gasteiger partial charge in [-0.25, -0.2) is 8.42 Å². The van der Waals surface area contributed by atoms with Crippen molar-refractivity contribution in [2.45, 2.75) is 12.7 Å². The van der Waals surface area contributed by atoms with Crippen LogP contribution in [0, 0.1) is 31.1 Å². The summed E-state index contributed by atoms with van der Waals surface area (Å²) in [6.07, 6.45) is 6.49. The summed E-state index contributed by atoms with van der Waals surface area (Å²) in [7, 11) is -2.95. The van der Waals surface area contributed by atoms with Gasteiger partial charge in [-0.1, -0.05) is 6.92 Å². The minimum absolute atomic E-state index is 0. The first-order valence-corrected chi connectivity index (χ1v) is 9.39. The number of aromatic nitrogens is 2. The molecule has 0 aromatic carbocycles. The molecular weight excluding hydrogens is 660 g/mol. The van der Waals surface area contributed by atoms with Crippen molar-refractivity contribution in [1.29, 1.82) is 0 Å². The first-order chi connectivity index (χ1) is 9.82. The number of hydrogen-bond acceptors (Lipinski definition) is 5. The maximum absolute atomic E-state index is 11.2. The molecule has 0 radical (unpaired) electrons. The van der Waals surface area contributed by atoms with Crippen molar-refractivity contribution in [3.05, 3.63) is 51.4 Å². The van der Waals surface area contributed by atoms with Gasteiger partial charge in [-0.15, -0.1) is 0 Å². The molecule has 0 aliphatic heterocycles. The van der Waals surface area contributed by atoms with E-state index in [1.165, 1.54) is 0 Å². The normalized spacial score (nSPS) is 10.1. The third kappa shape index (κ3) is 9.26. The van der Waals surface area contributed by atoms with Crippen molar-refractivity contribution < 1.29 is 39.5 Å². The van der Waals surface area contributed by atoms with E-state index in [1.807, 2.05) is 0 Å². The van der Waals surface area contributed by atoms with E-state index in [2.05, 4.69) is 41.8 Å². The van der Waals surface area contributed by atoms with E-state index in [9.17, 15) is 8.42 Å². The minimum Gasteiger partial charge on any atom is -0.397 e. The third-order valence-corrected chi connectivity index (χ3v) is 4.83. The molecule has 0 saturated carbocycles. The molecule has 2 aromatic heterocycles. The Morgan fingerprint density at radius 1 is 1.05 bits per heavy atom. The van der Waals surface area contributed by atoms with Crippen molar-refractivity contribution in [1.82, 2.24) is 9.97 Å². The molecular formula is C13H15Br2N3O2SU. The van der Waals surface area contributed by atoms with Crippen molar-refractivity contribution in [3.63, 3.8) is 0 Å². The Morgan fingerprint density at radius 3 is 2.00 bits per heavy atom. The largest absolute Gasteiger partial charge is 0.397 e.